The van der Waals surface area contributed by atoms with Crippen LogP contribution in [0.15, 0.2) is 24.3 Å². The van der Waals surface area contributed by atoms with Gasteiger partial charge in [-0.05, 0) is 50.7 Å². The topological polar surface area (TPSA) is 84.6 Å². The molecule has 0 aliphatic carbocycles. The highest BCUT2D eigenvalue weighted by Gasteiger charge is 2.33. The quantitative estimate of drug-likeness (QED) is 0.892. The number of ether oxygens (including phenoxy) is 1. The zero-order valence-electron chi connectivity index (χ0n) is 15.8. The number of hydrogen-bond donors (Lipinski definition) is 1. The molecule has 1 saturated heterocycles. The van der Waals surface area contributed by atoms with Gasteiger partial charge in [0, 0.05) is 17.7 Å². The van der Waals surface area contributed by atoms with E-state index >= 15 is 0 Å². The number of likely N-dealkylation sites (tertiary alicyclic amines) is 1. The van der Waals surface area contributed by atoms with Gasteiger partial charge in [0.15, 0.2) is 0 Å². The average molecular weight is 367 g/mol. The van der Waals surface area contributed by atoms with Crippen LogP contribution in [0.4, 0.5) is 5.95 Å². The van der Waals surface area contributed by atoms with E-state index in [0.29, 0.717) is 13.1 Å². The molecule has 1 atom stereocenters. The van der Waals surface area contributed by atoms with Crippen molar-refractivity contribution in [3.63, 3.8) is 0 Å². The Labute approximate surface area is 159 Å². The number of nitrogen functional groups attached to an aromatic ring is 1. The molecule has 1 aromatic carbocycles. The molecule has 0 spiro atoms. The highest BCUT2D eigenvalue weighted by atomic mass is 16.5. The predicted octanol–water partition coefficient (Wildman–Crippen LogP) is 1.92. The number of rotatable bonds is 3. The highest BCUT2D eigenvalue weighted by Crippen LogP contribution is 2.33. The minimum atomic E-state index is 0.0628. The number of benzene rings is 1. The first-order valence-electron chi connectivity index (χ1n) is 9.32. The van der Waals surface area contributed by atoms with Gasteiger partial charge >= 0.3 is 0 Å². The number of hydrogen-bond acceptors (Lipinski definition) is 6. The summed E-state index contributed by atoms with van der Waals surface area (Å²) >= 11 is 0. The molecule has 0 radical (unpaired) electrons. The predicted molar refractivity (Wildman–Crippen MR) is 103 cm³/mol. The summed E-state index contributed by atoms with van der Waals surface area (Å²) in [5.74, 6) is 1.30. The molecule has 1 fully saturated rings. The van der Waals surface area contributed by atoms with Crippen molar-refractivity contribution in [1.82, 2.24) is 19.8 Å². The minimum Gasteiger partial charge on any atom is -0.497 e. The van der Waals surface area contributed by atoms with Crippen molar-refractivity contribution in [2.45, 2.75) is 25.9 Å². The molecule has 27 heavy (non-hydrogen) atoms. The lowest BCUT2D eigenvalue weighted by Crippen LogP contribution is -2.41. The van der Waals surface area contributed by atoms with Crippen molar-refractivity contribution >= 4 is 11.9 Å². The fourth-order valence-electron chi connectivity index (χ4n) is 4.04. The van der Waals surface area contributed by atoms with Crippen molar-refractivity contribution in [3.8, 4) is 17.0 Å². The molecule has 1 aromatic heterocycles. The molecular weight excluding hydrogens is 342 g/mol. The Kier molecular flexibility index (Phi) is 4.70. The van der Waals surface area contributed by atoms with Gasteiger partial charge in [0.1, 0.15) is 5.75 Å². The van der Waals surface area contributed by atoms with Crippen LogP contribution in [0.3, 0.4) is 0 Å². The Balaban J connectivity index is 1.60. The lowest BCUT2D eigenvalue weighted by molar-refractivity contribution is -0.137. The largest absolute Gasteiger partial charge is 0.497 e. The van der Waals surface area contributed by atoms with E-state index in [4.69, 9.17) is 10.5 Å². The smallest absolute Gasteiger partial charge is 0.227 e. The third-order valence-corrected chi connectivity index (χ3v) is 5.45. The zero-order chi connectivity index (χ0) is 19.0. The maximum absolute atomic E-state index is 13.0. The number of nitrogens with zero attached hydrogens (tertiary/aromatic N) is 4. The molecule has 4 rings (SSSR count). The van der Waals surface area contributed by atoms with E-state index in [2.05, 4.69) is 21.9 Å². The van der Waals surface area contributed by atoms with Gasteiger partial charge in [-0.3, -0.25) is 4.79 Å². The summed E-state index contributed by atoms with van der Waals surface area (Å²) < 4.78 is 5.23. The van der Waals surface area contributed by atoms with Crippen LogP contribution in [0.2, 0.25) is 0 Å². The second-order valence-corrected chi connectivity index (χ2v) is 7.38. The van der Waals surface area contributed by atoms with Gasteiger partial charge in [-0.1, -0.05) is 0 Å². The summed E-state index contributed by atoms with van der Waals surface area (Å²) in [5, 5.41) is 0. The van der Waals surface area contributed by atoms with Crippen LogP contribution in [0.25, 0.3) is 11.3 Å². The molecule has 1 amide bonds. The molecule has 3 heterocycles. The van der Waals surface area contributed by atoms with E-state index < -0.39 is 0 Å². The van der Waals surface area contributed by atoms with Gasteiger partial charge in [0.25, 0.3) is 0 Å². The van der Waals surface area contributed by atoms with Crippen LogP contribution in [0, 0.1) is 5.92 Å². The molecule has 2 N–H and O–H groups in total. The number of carbonyl (C=O) groups excluding carboxylic acids is 1. The fraction of sp³-hybridized carbons (Fsp3) is 0.450. The monoisotopic (exact) mass is 367 g/mol. The third-order valence-electron chi connectivity index (χ3n) is 5.45. The van der Waals surface area contributed by atoms with Gasteiger partial charge in [-0.15, -0.1) is 0 Å². The molecular formula is C20H25N5O2. The van der Waals surface area contributed by atoms with E-state index in [0.717, 1.165) is 54.2 Å². The summed E-state index contributed by atoms with van der Waals surface area (Å²) in [5.41, 5.74) is 9.55. The number of anilines is 1. The Bertz CT molecular complexity index is 852. The minimum absolute atomic E-state index is 0.0628. The van der Waals surface area contributed by atoms with Crippen molar-refractivity contribution in [2.75, 3.05) is 33.0 Å². The second-order valence-electron chi connectivity index (χ2n) is 7.38. The average Bonchev–Trinajstić information content (AvgIpc) is 3.10. The van der Waals surface area contributed by atoms with Crippen LogP contribution in [0.1, 0.15) is 24.1 Å². The highest BCUT2D eigenvalue weighted by molar-refractivity contribution is 5.80. The molecule has 0 saturated carbocycles. The molecule has 7 heteroatoms. The van der Waals surface area contributed by atoms with Crippen LogP contribution >= 0.6 is 0 Å². The lowest BCUT2D eigenvalue weighted by Gasteiger charge is -2.31. The van der Waals surface area contributed by atoms with Crippen LogP contribution < -0.4 is 10.5 Å². The summed E-state index contributed by atoms with van der Waals surface area (Å²) in [6.45, 7) is 2.93. The van der Waals surface area contributed by atoms with Crippen LogP contribution in [0.5, 0.6) is 5.75 Å². The van der Waals surface area contributed by atoms with E-state index in [1.54, 1.807) is 7.11 Å². The normalized spacial score (nSPS) is 19.8. The number of nitrogens with two attached hydrogens (primary N) is 1. The number of amides is 1. The maximum atomic E-state index is 13.0. The van der Waals surface area contributed by atoms with Gasteiger partial charge in [-0.25, -0.2) is 9.97 Å². The number of piperidine rings is 1. The number of carbonyl (C=O) groups is 1. The third kappa shape index (κ3) is 3.47. The van der Waals surface area contributed by atoms with Gasteiger partial charge in [0.2, 0.25) is 11.9 Å². The zero-order valence-corrected chi connectivity index (χ0v) is 15.8. The van der Waals surface area contributed by atoms with Crippen molar-refractivity contribution in [1.29, 1.82) is 0 Å². The SMILES string of the molecule is COc1ccc(-c2nc(N)nc3c2CN(C(=O)C2CCCN(C)C2)C3)cc1. The van der Waals surface area contributed by atoms with Gasteiger partial charge in [-0.2, -0.15) is 0 Å². The van der Waals surface area contributed by atoms with E-state index in [1.165, 1.54) is 0 Å². The Hall–Kier alpha value is -2.67. The Morgan fingerprint density at radius 2 is 2.00 bits per heavy atom. The Morgan fingerprint density at radius 3 is 2.70 bits per heavy atom. The van der Waals surface area contributed by atoms with E-state index in [1.807, 2.05) is 29.2 Å². The Morgan fingerprint density at radius 1 is 1.22 bits per heavy atom. The summed E-state index contributed by atoms with van der Waals surface area (Å²) in [6, 6.07) is 7.72. The molecule has 0 bridgehead atoms. The molecule has 2 aliphatic heterocycles. The van der Waals surface area contributed by atoms with Crippen LogP contribution in [-0.2, 0) is 17.9 Å². The van der Waals surface area contributed by atoms with Gasteiger partial charge < -0.3 is 20.3 Å². The standard InChI is InChI=1S/C20H25N5O2/c1-24-9-3-4-14(10-24)19(26)25-11-16-17(12-25)22-20(21)23-18(16)13-5-7-15(27-2)8-6-13/h5-8,14H,3-4,9-12H2,1-2H3,(H2,21,22,23). The molecule has 142 valence electrons. The number of methoxy groups -OCH3 is 1. The first-order valence-corrected chi connectivity index (χ1v) is 9.32. The number of aromatic nitrogens is 2. The van der Waals surface area contributed by atoms with Crippen molar-refractivity contribution in [3.05, 3.63) is 35.5 Å². The van der Waals surface area contributed by atoms with Gasteiger partial charge in [0.05, 0.1) is 37.5 Å². The molecule has 1 unspecified atom stereocenters. The molecule has 7 nitrogen and oxygen atoms in total. The summed E-state index contributed by atoms with van der Waals surface area (Å²) in [4.78, 5) is 26.0. The summed E-state index contributed by atoms with van der Waals surface area (Å²) in [6.07, 6.45) is 2.02. The summed E-state index contributed by atoms with van der Waals surface area (Å²) in [7, 11) is 3.72. The van der Waals surface area contributed by atoms with Crippen LogP contribution in [-0.4, -0.2) is 52.9 Å². The fourth-order valence-corrected chi connectivity index (χ4v) is 4.04. The molecule has 2 aliphatic rings. The number of fused-ring (bicyclic) bond motifs is 1. The maximum Gasteiger partial charge on any atom is 0.227 e. The first-order chi connectivity index (χ1) is 13.0. The van der Waals surface area contributed by atoms with Crippen molar-refractivity contribution in [2.24, 2.45) is 5.92 Å². The molecule has 2 aromatic rings. The van der Waals surface area contributed by atoms with E-state index in [-0.39, 0.29) is 17.8 Å². The second kappa shape index (κ2) is 7.15. The first kappa shape index (κ1) is 17.7. The van der Waals surface area contributed by atoms with E-state index in [9.17, 15) is 4.79 Å². The van der Waals surface area contributed by atoms with Crippen molar-refractivity contribution < 1.29 is 9.53 Å². The lowest BCUT2D eigenvalue weighted by atomic mass is 9.97.